The lowest BCUT2D eigenvalue weighted by atomic mass is 10.3. The van der Waals surface area contributed by atoms with Crippen LogP contribution in [0.5, 0.6) is 5.88 Å². The summed E-state index contributed by atoms with van der Waals surface area (Å²) in [5, 5.41) is 3.17. The number of aromatic nitrogens is 1. The summed E-state index contributed by atoms with van der Waals surface area (Å²) in [6.45, 7) is 0. The van der Waals surface area contributed by atoms with E-state index < -0.39 is 5.82 Å². The zero-order valence-corrected chi connectivity index (χ0v) is 12.2. The molecule has 3 N–H and O–H groups in total. The summed E-state index contributed by atoms with van der Waals surface area (Å²) < 4.78 is 18.6. The summed E-state index contributed by atoms with van der Waals surface area (Å²) in [6, 6.07) is 5.79. The van der Waals surface area contributed by atoms with Crippen molar-refractivity contribution < 1.29 is 9.13 Å². The number of pyridine rings is 1. The maximum Gasteiger partial charge on any atom is 0.215 e. The summed E-state index contributed by atoms with van der Waals surface area (Å²) in [5.74, 6) is 0.355. The van der Waals surface area contributed by atoms with Crippen LogP contribution in [-0.2, 0) is 0 Å². The van der Waals surface area contributed by atoms with Gasteiger partial charge in [-0.25, -0.2) is 4.39 Å². The van der Waals surface area contributed by atoms with Gasteiger partial charge in [-0.05, 0) is 34.1 Å². The third kappa shape index (κ3) is 3.08. The number of hydrogen-bond donors (Lipinski definition) is 2. The monoisotopic (exact) mass is 345 g/mol. The first-order valence-electron chi connectivity index (χ1n) is 5.23. The van der Waals surface area contributed by atoms with Gasteiger partial charge in [0.05, 0.1) is 23.5 Å². The quantitative estimate of drug-likeness (QED) is 0.883. The first kappa shape index (κ1) is 13.9. The Morgan fingerprint density at radius 2 is 2.16 bits per heavy atom. The molecular formula is C12H10BrClFN3O. The van der Waals surface area contributed by atoms with Gasteiger partial charge in [-0.3, -0.25) is 0 Å². The molecule has 0 saturated carbocycles. The lowest BCUT2D eigenvalue weighted by molar-refractivity contribution is 0.398. The Hall–Kier alpha value is -1.53. The van der Waals surface area contributed by atoms with E-state index in [2.05, 4.69) is 26.2 Å². The van der Waals surface area contributed by atoms with E-state index in [0.717, 1.165) is 0 Å². The minimum absolute atomic E-state index is 0.218. The molecule has 7 heteroatoms. The van der Waals surface area contributed by atoms with Crippen LogP contribution in [0.25, 0.3) is 0 Å². The van der Waals surface area contributed by atoms with E-state index in [1.54, 1.807) is 12.1 Å². The largest absolute Gasteiger partial charge is 0.481 e. The van der Waals surface area contributed by atoms with Gasteiger partial charge < -0.3 is 15.8 Å². The van der Waals surface area contributed by atoms with Crippen LogP contribution in [0.3, 0.4) is 0 Å². The molecule has 0 aliphatic rings. The van der Waals surface area contributed by atoms with E-state index in [1.165, 1.54) is 19.2 Å². The maximum atomic E-state index is 13.1. The van der Waals surface area contributed by atoms with Gasteiger partial charge in [0.2, 0.25) is 5.88 Å². The highest BCUT2D eigenvalue weighted by Gasteiger charge is 2.11. The molecular weight excluding hydrogens is 337 g/mol. The molecule has 1 heterocycles. The van der Waals surface area contributed by atoms with Crippen LogP contribution in [-0.4, -0.2) is 12.1 Å². The molecule has 0 radical (unpaired) electrons. The van der Waals surface area contributed by atoms with Gasteiger partial charge >= 0.3 is 0 Å². The minimum Gasteiger partial charge on any atom is -0.481 e. The minimum atomic E-state index is -0.436. The van der Waals surface area contributed by atoms with Gasteiger partial charge in [-0.15, -0.1) is 0 Å². The van der Waals surface area contributed by atoms with Gasteiger partial charge in [-0.2, -0.15) is 4.98 Å². The second-order valence-electron chi connectivity index (χ2n) is 3.66. The Labute approximate surface area is 122 Å². The summed E-state index contributed by atoms with van der Waals surface area (Å²) in [6.07, 6.45) is 0. The number of nitrogens with two attached hydrogens (primary N) is 1. The molecule has 0 aliphatic carbocycles. The molecule has 2 rings (SSSR count). The van der Waals surface area contributed by atoms with Crippen molar-refractivity contribution >= 4 is 44.7 Å². The van der Waals surface area contributed by atoms with Crippen molar-refractivity contribution in [1.29, 1.82) is 0 Å². The molecule has 0 spiro atoms. The number of nitrogens with zero attached hydrogens (tertiary/aromatic N) is 1. The molecule has 2 aromatic rings. The Balaban J connectivity index is 2.41. The standard InChI is InChI=1S/C12H10BrClFN3O/c1-19-10-3-2-9(16)12(17-10)18-11-7(13)4-6(15)5-8(11)14/h2-5H,16H2,1H3,(H,17,18). The molecule has 19 heavy (non-hydrogen) atoms. The van der Waals surface area contributed by atoms with Gasteiger partial charge in [0.1, 0.15) is 5.82 Å². The fraction of sp³-hybridized carbons (Fsp3) is 0.0833. The molecule has 0 fully saturated rings. The number of halogens is 3. The molecule has 0 bridgehead atoms. The average molecular weight is 347 g/mol. The second-order valence-corrected chi connectivity index (χ2v) is 4.92. The predicted octanol–water partition coefficient (Wildman–Crippen LogP) is 3.97. The van der Waals surface area contributed by atoms with Crippen LogP contribution in [0.1, 0.15) is 0 Å². The van der Waals surface area contributed by atoms with Crippen LogP contribution < -0.4 is 15.8 Å². The lowest BCUT2D eigenvalue weighted by Gasteiger charge is -2.12. The Kier molecular flexibility index (Phi) is 4.11. The number of nitrogen functional groups attached to an aromatic ring is 1. The number of hydrogen-bond acceptors (Lipinski definition) is 4. The van der Waals surface area contributed by atoms with Gasteiger partial charge in [-0.1, -0.05) is 11.6 Å². The first-order chi connectivity index (χ1) is 9.01. The number of nitrogens with one attached hydrogen (secondary N) is 1. The highest BCUT2D eigenvalue weighted by Crippen LogP contribution is 2.35. The van der Waals surface area contributed by atoms with Crippen molar-refractivity contribution in [3.05, 3.63) is 39.6 Å². The van der Waals surface area contributed by atoms with E-state index in [0.29, 0.717) is 27.5 Å². The summed E-state index contributed by atoms with van der Waals surface area (Å²) >= 11 is 9.21. The zero-order valence-electron chi connectivity index (χ0n) is 9.88. The van der Waals surface area contributed by atoms with Crippen molar-refractivity contribution in [1.82, 2.24) is 4.98 Å². The third-order valence-electron chi connectivity index (χ3n) is 2.36. The molecule has 0 atom stereocenters. The second kappa shape index (κ2) is 5.63. The highest BCUT2D eigenvalue weighted by molar-refractivity contribution is 9.10. The summed E-state index contributed by atoms with van der Waals surface area (Å²) in [4.78, 5) is 4.16. The number of methoxy groups -OCH3 is 1. The predicted molar refractivity (Wildman–Crippen MR) is 77.6 cm³/mol. The molecule has 0 saturated heterocycles. The molecule has 0 amide bonds. The average Bonchev–Trinajstić information content (AvgIpc) is 2.35. The fourth-order valence-electron chi connectivity index (χ4n) is 1.45. The highest BCUT2D eigenvalue weighted by atomic mass is 79.9. The smallest absolute Gasteiger partial charge is 0.215 e. The molecule has 100 valence electrons. The molecule has 0 unspecified atom stereocenters. The molecule has 1 aromatic heterocycles. The van der Waals surface area contributed by atoms with Crippen molar-refractivity contribution in [3.8, 4) is 5.88 Å². The van der Waals surface area contributed by atoms with Crippen LogP contribution in [0, 0.1) is 5.82 Å². The third-order valence-corrected chi connectivity index (χ3v) is 3.28. The van der Waals surface area contributed by atoms with E-state index in [1.807, 2.05) is 0 Å². The summed E-state index contributed by atoms with van der Waals surface area (Å²) in [7, 11) is 1.50. The Morgan fingerprint density at radius 3 is 2.79 bits per heavy atom. The Bertz CT molecular complexity index is 601. The SMILES string of the molecule is COc1ccc(N)c(Nc2c(Cl)cc(F)cc2Br)n1. The maximum absolute atomic E-state index is 13.1. The summed E-state index contributed by atoms with van der Waals surface area (Å²) in [5.41, 5.74) is 6.72. The van der Waals surface area contributed by atoms with Crippen LogP contribution in [0.15, 0.2) is 28.7 Å². The number of rotatable bonds is 3. The van der Waals surface area contributed by atoms with Crippen molar-refractivity contribution in [2.24, 2.45) is 0 Å². The number of anilines is 3. The molecule has 1 aromatic carbocycles. The normalized spacial score (nSPS) is 10.3. The lowest BCUT2D eigenvalue weighted by Crippen LogP contribution is -2.02. The van der Waals surface area contributed by atoms with Gasteiger partial charge in [0, 0.05) is 10.5 Å². The van der Waals surface area contributed by atoms with Crippen molar-refractivity contribution in [3.63, 3.8) is 0 Å². The van der Waals surface area contributed by atoms with E-state index in [-0.39, 0.29) is 5.02 Å². The number of benzene rings is 1. The Morgan fingerprint density at radius 1 is 1.42 bits per heavy atom. The van der Waals surface area contributed by atoms with Gasteiger partial charge in [0.15, 0.2) is 5.82 Å². The van der Waals surface area contributed by atoms with E-state index in [9.17, 15) is 4.39 Å². The van der Waals surface area contributed by atoms with Crippen LogP contribution >= 0.6 is 27.5 Å². The first-order valence-corrected chi connectivity index (χ1v) is 6.40. The zero-order chi connectivity index (χ0) is 14.0. The van der Waals surface area contributed by atoms with E-state index in [4.69, 9.17) is 22.1 Å². The van der Waals surface area contributed by atoms with Crippen LogP contribution in [0.2, 0.25) is 5.02 Å². The van der Waals surface area contributed by atoms with Crippen molar-refractivity contribution in [2.75, 3.05) is 18.2 Å². The van der Waals surface area contributed by atoms with Gasteiger partial charge in [0.25, 0.3) is 0 Å². The van der Waals surface area contributed by atoms with Crippen molar-refractivity contribution in [2.45, 2.75) is 0 Å². The van der Waals surface area contributed by atoms with E-state index >= 15 is 0 Å². The fourth-order valence-corrected chi connectivity index (χ4v) is 2.34. The van der Waals surface area contributed by atoms with Crippen LogP contribution in [0.4, 0.5) is 21.6 Å². The topological polar surface area (TPSA) is 60.2 Å². The molecule has 0 aliphatic heterocycles. The molecule has 4 nitrogen and oxygen atoms in total. The number of ether oxygens (including phenoxy) is 1.